The van der Waals surface area contributed by atoms with Crippen molar-refractivity contribution in [3.63, 3.8) is 0 Å². The van der Waals surface area contributed by atoms with Crippen LogP contribution in [-0.4, -0.2) is 29.8 Å². The van der Waals surface area contributed by atoms with Crippen LogP contribution in [0.25, 0.3) is 0 Å². The number of carbonyl (C=O) groups is 1. The van der Waals surface area contributed by atoms with Gasteiger partial charge in [-0.25, -0.2) is 0 Å². The molecule has 3 nitrogen and oxygen atoms in total. The highest BCUT2D eigenvalue weighted by Gasteiger charge is 2.20. The molecule has 24 heavy (non-hydrogen) atoms. The van der Waals surface area contributed by atoms with Gasteiger partial charge in [-0.3, -0.25) is 9.79 Å². The summed E-state index contributed by atoms with van der Waals surface area (Å²) in [6.45, 7) is 3.28. The lowest BCUT2D eigenvalue weighted by molar-refractivity contribution is 0.100. The molecule has 0 saturated carbocycles. The molecule has 0 unspecified atom stereocenters. The first-order valence-corrected chi connectivity index (χ1v) is 9.38. The maximum Gasteiger partial charge on any atom is 0.182 e. The van der Waals surface area contributed by atoms with Crippen molar-refractivity contribution in [3.8, 4) is 0 Å². The number of anilines is 1. The highest BCUT2D eigenvalue weighted by Crippen LogP contribution is 2.23. The average Bonchev–Trinajstić information content (AvgIpc) is 2.67. The summed E-state index contributed by atoms with van der Waals surface area (Å²) >= 11 is 1.73. The van der Waals surface area contributed by atoms with Gasteiger partial charge in [-0.2, -0.15) is 0 Å². The summed E-state index contributed by atoms with van der Waals surface area (Å²) < 4.78 is 0. The number of aliphatic imine (C=N–C) groups is 1. The molecule has 0 bridgehead atoms. The lowest BCUT2D eigenvalue weighted by atomic mass is 10.1. The first-order valence-electron chi connectivity index (χ1n) is 8.40. The third-order valence-corrected chi connectivity index (χ3v) is 5.17. The summed E-state index contributed by atoms with van der Waals surface area (Å²) in [7, 11) is 0. The molecule has 0 aliphatic carbocycles. The van der Waals surface area contributed by atoms with Crippen molar-refractivity contribution < 1.29 is 4.79 Å². The minimum atomic E-state index is 0.121. The molecule has 0 N–H and O–H groups in total. The molecule has 2 aromatic carbocycles. The molecular formula is C20H22N2OS. The van der Waals surface area contributed by atoms with Crippen LogP contribution in [0.4, 0.5) is 5.69 Å². The molecule has 0 spiro atoms. The van der Waals surface area contributed by atoms with Gasteiger partial charge in [0.05, 0.1) is 6.54 Å². The Balaban J connectivity index is 1.83. The number of para-hydroxylation sites is 1. The number of hydrogen-bond acceptors (Lipinski definition) is 4. The van der Waals surface area contributed by atoms with E-state index in [1.807, 2.05) is 59.5 Å². The van der Waals surface area contributed by atoms with Crippen molar-refractivity contribution in [2.45, 2.75) is 19.8 Å². The number of thioether (sulfide) groups is 1. The van der Waals surface area contributed by atoms with Gasteiger partial charge in [0.25, 0.3) is 0 Å². The first-order chi connectivity index (χ1) is 11.8. The predicted molar refractivity (Wildman–Crippen MR) is 103 cm³/mol. The lowest BCUT2D eigenvalue weighted by Crippen LogP contribution is -2.35. The Hall–Kier alpha value is -2.07. The lowest BCUT2D eigenvalue weighted by Gasteiger charge is -2.27. The average molecular weight is 338 g/mol. The van der Waals surface area contributed by atoms with E-state index in [4.69, 9.17) is 0 Å². The van der Waals surface area contributed by atoms with E-state index < -0.39 is 0 Å². The SMILES string of the molecule is CCc1ccc(C(=O)CN(C2=NCCCS2)c2ccccc2)cc1. The molecule has 3 rings (SSSR count). The third-order valence-electron chi connectivity index (χ3n) is 4.07. The van der Waals surface area contributed by atoms with E-state index in [9.17, 15) is 4.79 Å². The molecule has 0 fully saturated rings. The molecule has 0 radical (unpaired) electrons. The highest BCUT2D eigenvalue weighted by molar-refractivity contribution is 8.14. The smallest absolute Gasteiger partial charge is 0.182 e. The summed E-state index contributed by atoms with van der Waals surface area (Å²) in [4.78, 5) is 19.4. The quantitative estimate of drug-likeness (QED) is 0.756. The summed E-state index contributed by atoms with van der Waals surface area (Å²) in [5.74, 6) is 1.18. The van der Waals surface area contributed by atoms with Gasteiger partial charge >= 0.3 is 0 Å². The van der Waals surface area contributed by atoms with Gasteiger partial charge in [-0.05, 0) is 30.5 Å². The van der Waals surface area contributed by atoms with Crippen LogP contribution in [0, 0.1) is 0 Å². The zero-order valence-electron chi connectivity index (χ0n) is 13.9. The fourth-order valence-corrected chi connectivity index (χ4v) is 3.61. The van der Waals surface area contributed by atoms with Crippen LogP contribution in [0.1, 0.15) is 29.3 Å². The second-order valence-corrected chi connectivity index (χ2v) is 6.82. The van der Waals surface area contributed by atoms with E-state index in [0.717, 1.165) is 41.6 Å². The number of Topliss-reactive ketones (excluding diaryl/α,β-unsaturated/α-hetero) is 1. The van der Waals surface area contributed by atoms with Gasteiger partial charge in [0.1, 0.15) is 0 Å². The largest absolute Gasteiger partial charge is 0.313 e. The van der Waals surface area contributed by atoms with E-state index in [0.29, 0.717) is 6.54 Å². The molecule has 0 amide bonds. The van der Waals surface area contributed by atoms with Gasteiger partial charge in [0.2, 0.25) is 0 Å². The van der Waals surface area contributed by atoms with Crippen molar-refractivity contribution in [1.29, 1.82) is 0 Å². The number of ketones is 1. The highest BCUT2D eigenvalue weighted by atomic mass is 32.2. The molecule has 124 valence electrons. The summed E-state index contributed by atoms with van der Waals surface area (Å²) in [5.41, 5.74) is 3.03. The second kappa shape index (κ2) is 8.15. The van der Waals surface area contributed by atoms with E-state index in [2.05, 4.69) is 11.9 Å². The predicted octanol–water partition coefficient (Wildman–Crippen LogP) is 4.43. The number of nitrogens with zero attached hydrogens (tertiary/aromatic N) is 2. The van der Waals surface area contributed by atoms with E-state index in [1.54, 1.807) is 11.8 Å². The fourth-order valence-electron chi connectivity index (χ4n) is 2.65. The molecule has 4 heteroatoms. The molecule has 0 saturated heterocycles. The van der Waals surface area contributed by atoms with Gasteiger partial charge in [-0.15, -0.1) is 0 Å². The number of hydrogen-bond donors (Lipinski definition) is 0. The van der Waals surface area contributed by atoms with Crippen molar-refractivity contribution >= 4 is 28.4 Å². The molecular weight excluding hydrogens is 316 g/mol. The summed E-state index contributed by atoms with van der Waals surface area (Å²) in [5, 5.41) is 0.950. The Kier molecular flexibility index (Phi) is 5.70. The normalized spacial score (nSPS) is 14.1. The van der Waals surface area contributed by atoms with Gasteiger partial charge in [0.15, 0.2) is 11.0 Å². The zero-order chi connectivity index (χ0) is 16.8. The molecule has 0 aromatic heterocycles. The van der Waals surface area contributed by atoms with Crippen LogP contribution in [0.3, 0.4) is 0 Å². The Morgan fingerprint density at radius 3 is 2.50 bits per heavy atom. The minimum absolute atomic E-state index is 0.121. The minimum Gasteiger partial charge on any atom is -0.313 e. The standard InChI is InChI=1S/C20H22N2OS/c1-2-16-9-11-17(12-10-16)19(23)15-22(18-7-4-3-5-8-18)20-21-13-6-14-24-20/h3-5,7-12H,2,6,13-15H2,1H3. The number of amidine groups is 1. The topological polar surface area (TPSA) is 32.7 Å². The number of rotatable bonds is 5. The first kappa shape index (κ1) is 16.8. The summed E-state index contributed by atoms with van der Waals surface area (Å²) in [6, 6.07) is 18.0. The van der Waals surface area contributed by atoms with Crippen molar-refractivity contribution in [2.75, 3.05) is 23.7 Å². The van der Waals surface area contributed by atoms with Crippen molar-refractivity contribution in [1.82, 2.24) is 0 Å². The molecule has 1 heterocycles. The van der Waals surface area contributed by atoms with Crippen LogP contribution < -0.4 is 4.90 Å². The molecule has 1 aliphatic rings. The Labute approximate surface area is 147 Å². The van der Waals surface area contributed by atoms with Crippen molar-refractivity contribution in [2.24, 2.45) is 4.99 Å². The number of aryl methyl sites for hydroxylation is 1. The third kappa shape index (κ3) is 4.06. The Morgan fingerprint density at radius 2 is 1.88 bits per heavy atom. The second-order valence-electron chi connectivity index (χ2n) is 5.76. The molecule has 2 aromatic rings. The number of carbonyl (C=O) groups excluding carboxylic acids is 1. The Morgan fingerprint density at radius 1 is 1.12 bits per heavy atom. The maximum absolute atomic E-state index is 12.8. The molecule has 0 atom stereocenters. The van der Waals surface area contributed by atoms with E-state index in [1.165, 1.54) is 5.56 Å². The molecule has 1 aliphatic heterocycles. The van der Waals surface area contributed by atoms with Crippen LogP contribution in [-0.2, 0) is 6.42 Å². The Bertz CT molecular complexity index is 710. The van der Waals surface area contributed by atoms with Gasteiger partial charge in [-0.1, -0.05) is 61.2 Å². The fraction of sp³-hybridized carbons (Fsp3) is 0.300. The van der Waals surface area contributed by atoms with E-state index >= 15 is 0 Å². The summed E-state index contributed by atoms with van der Waals surface area (Å²) in [6.07, 6.45) is 2.08. The van der Waals surface area contributed by atoms with Crippen LogP contribution in [0.5, 0.6) is 0 Å². The number of benzene rings is 2. The van der Waals surface area contributed by atoms with E-state index in [-0.39, 0.29) is 5.78 Å². The van der Waals surface area contributed by atoms with Crippen LogP contribution in [0.15, 0.2) is 59.6 Å². The van der Waals surface area contributed by atoms with Gasteiger partial charge in [0, 0.05) is 23.5 Å². The van der Waals surface area contributed by atoms with Crippen molar-refractivity contribution in [3.05, 3.63) is 65.7 Å². The monoisotopic (exact) mass is 338 g/mol. The zero-order valence-corrected chi connectivity index (χ0v) is 14.8. The maximum atomic E-state index is 12.8. The van der Waals surface area contributed by atoms with Gasteiger partial charge < -0.3 is 4.90 Å². The van der Waals surface area contributed by atoms with Crippen LogP contribution in [0.2, 0.25) is 0 Å². The van der Waals surface area contributed by atoms with Crippen LogP contribution >= 0.6 is 11.8 Å².